The zero-order valence-electron chi connectivity index (χ0n) is 14.1. The van der Waals surface area contributed by atoms with Crippen LogP contribution in [0.2, 0.25) is 0 Å². The highest BCUT2D eigenvalue weighted by molar-refractivity contribution is 4.47. The van der Waals surface area contributed by atoms with Gasteiger partial charge in [-0.2, -0.15) is 0 Å². The van der Waals surface area contributed by atoms with Gasteiger partial charge in [-0.15, -0.1) is 0 Å². The molecule has 0 radical (unpaired) electrons. The van der Waals surface area contributed by atoms with Crippen LogP contribution in [0.5, 0.6) is 0 Å². The van der Waals surface area contributed by atoms with Gasteiger partial charge in [0.2, 0.25) is 0 Å². The number of hydrogen-bond donors (Lipinski definition) is 1. The van der Waals surface area contributed by atoms with E-state index in [-0.39, 0.29) is 17.0 Å². The molecule has 120 valence electrons. The Balaban J connectivity index is -0.000000809. The molecule has 0 rings (SSSR count). The number of nitrogens with zero attached hydrogens (tertiary/aromatic N) is 1. The van der Waals surface area contributed by atoms with Gasteiger partial charge >= 0.3 is 0 Å². The van der Waals surface area contributed by atoms with E-state index >= 15 is 0 Å². The van der Waals surface area contributed by atoms with Crippen molar-refractivity contribution in [1.82, 2.24) is 0 Å². The zero-order valence-corrected chi connectivity index (χ0v) is 15.6. The van der Waals surface area contributed by atoms with Gasteiger partial charge in [0.15, 0.2) is 0 Å². The maximum Gasteiger partial charge on any atom is 0.0780 e. The maximum absolute atomic E-state index is 7.00. The Labute approximate surface area is 132 Å². The number of halogens is 1. The van der Waals surface area contributed by atoms with Gasteiger partial charge in [-0.05, 0) is 12.8 Å². The normalized spacial score (nSPS) is 10.4. The quantitative estimate of drug-likeness (QED) is 0.443. The van der Waals surface area contributed by atoms with Crippen molar-refractivity contribution in [1.29, 1.82) is 0 Å². The van der Waals surface area contributed by atoms with Crippen LogP contribution in [-0.2, 0) is 0 Å². The van der Waals surface area contributed by atoms with Crippen molar-refractivity contribution in [2.45, 2.75) is 71.1 Å². The molecule has 3 heteroatoms. The average Bonchev–Trinajstić information content (AvgIpc) is 2.33. The van der Waals surface area contributed by atoms with Gasteiger partial charge in [-0.1, -0.05) is 58.3 Å². The third-order valence-electron chi connectivity index (χ3n) is 3.18. The molecule has 0 amide bonds. The van der Waals surface area contributed by atoms with Crippen LogP contribution in [0.25, 0.3) is 0 Å². The van der Waals surface area contributed by atoms with E-state index in [9.17, 15) is 0 Å². The lowest BCUT2D eigenvalue weighted by Gasteiger charge is -2.23. The van der Waals surface area contributed by atoms with Crippen LogP contribution in [0, 0.1) is 0 Å². The van der Waals surface area contributed by atoms with E-state index in [1.165, 1.54) is 70.8 Å². The molecule has 0 unspecified atom stereocenters. The molecule has 0 saturated heterocycles. The lowest BCUT2D eigenvalue weighted by Crippen LogP contribution is -3.00. The molecule has 1 N–H and O–H groups in total. The molecule has 0 bridgehead atoms. The first-order chi connectivity index (χ1) is 8.56. The Morgan fingerprint density at radius 3 is 1.26 bits per heavy atom. The summed E-state index contributed by atoms with van der Waals surface area (Å²) >= 11 is 0. The Morgan fingerprint density at radius 2 is 0.947 bits per heavy atom. The predicted octanol–water partition coefficient (Wildman–Crippen LogP) is 1.23. The number of hydrogen-bond acceptors (Lipinski definition) is 1. The molecule has 0 spiro atoms. The molecule has 0 fully saturated rings. The van der Waals surface area contributed by atoms with E-state index in [1.54, 1.807) is 0 Å². The highest BCUT2D eigenvalue weighted by Crippen LogP contribution is 2.10. The van der Waals surface area contributed by atoms with Gasteiger partial charge in [-0.3, -0.25) is 0 Å². The molecule has 0 atom stereocenters. The largest absolute Gasteiger partial charge is 1.00 e. The van der Waals surface area contributed by atoms with E-state index in [1.807, 2.05) is 0 Å². The lowest BCUT2D eigenvalue weighted by atomic mass is 10.1. The third kappa shape index (κ3) is 27.6. The molecule has 0 aliphatic carbocycles. The molecule has 0 aromatic rings. The summed E-state index contributed by atoms with van der Waals surface area (Å²) in [5.74, 6) is 0. The van der Waals surface area contributed by atoms with Gasteiger partial charge in [0.25, 0.3) is 0 Å². The summed E-state index contributed by atoms with van der Waals surface area (Å²) < 4.78 is 1.12. The van der Waals surface area contributed by atoms with Crippen LogP contribution in [0.15, 0.2) is 0 Å². The van der Waals surface area contributed by atoms with Gasteiger partial charge < -0.3 is 26.6 Å². The zero-order chi connectivity index (χ0) is 14.3. The topological polar surface area (TPSA) is 20.2 Å². The van der Waals surface area contributed by atoms with Crippen LogP contribution < -0.4 is 17.0 Å². The fourth-order valence-electron chi connectivity index (χ4n) is 2.07. The molecule has 0 aromatic carbocycles. The minimum atomic E-state index is 0. The van der Waals surface area contributed by atoms with Crippen LogP contribution in [-0.4, -0.2) is 44.4 Å². The summed E-state index contributed by atoms with van der Waals surface area (Å²) in [6, 6.07) is 0. The fraction of sp³-hybridized carbons (Fsp3) is 1.00. The summed E-state index contributed by atoms with van der Waals surface area (Å²) in [7, 11) is 7.86. The monoisotopic (exact) mass is 339 g/mol. The Hall–Kier alpha value is 0.400. The SMILES string of the molecule is CCCCCCCCCCCC[N+](C)(C)C.CO.[Br-]. The lowest BCUT2D eigenvalue weighted by molar-refractivity contribution is -0.870. The molecule has 2 nitrogen and oxygen atoms in total. The molecule has 19 heavy (non-hydrogen) atoms. The first kappa shape index (κ1) is 24.4. The molecule has 0 aromatic heterocycles. The van der Waals surface area contributed by atoms with E-state index in [4.69, 9.17) is 5.11 Å². The summed E-state index contributed by atoms with van der Waals surface area (Å²) in [5, 5.41) is 7.00. The van der Waals surface area contributed by atoms with Gasteiger partial charge in [0.05, 0.1) is 27.7 Å². The molecular weight excluding hydrogens is 302 g/mol. The number of quaternary nitrogens is 1. The van der Waals surface area contributed by atoms with E-state index < -0.39 is 0 Å². The molecule has 0 aliphatic rings. The Kier molecular flexibility index (Phi) is 23.6. The van der Waals surface area contributed by atoms with Crippen molar-refractivity contribution in [3.05, 3.63) is 0 Å². The van der Waals surface area contributed by atoms with Gasteiger partial charge in [0.1, 0.15) is 0 Å². The number of aliphatic hydroxyl groups excluding tert-OH is 1. The van der Waals surface area contributed by atoms with Crippen molar-refractivity contribution in [2.75, 3.05) is 34.8 Å². The van der Waals surface area contributed by atoms with Crippen molar-refractivity contribution in [2.24, 2.45) is 0 Å². The maximum atomic E-state index is 7.00. The van der Waals surface area contributed by atoms with Crippen LogP contribution in [0.1, 0.15) is 71.1 Å². The molecular formula is C16H38BrNO. The highest BCUT2D eigenvalue weighted by atomic mass is 79.9. The highest BCUT2D eigenvalue weighted by Gasteiger charge is 2.04. The minimum absolute atomic E-state index is 0. The van der Waals surface area contributed by atoms with Crippen molar-refractivity contribution in [3.63, 3.8) is 0 Å². The van der Waals surface area contributed by atoms with Crippen molar-refractivity contribution < 1.29 is 26.6 Å². The van der Waals surface area contributed by atoms with E-state index in [0.29, 0.717) is 0 Å². The molecule has 0 saturated carbocycles. The predicted molar refractivity (Wildman–Crippen MR) is 82.9 cm³/mol. The second-order valence-electron chi connectivity index (χ2n) is 6.20. The van der Waals surface area contributed by atoms with E-state index in [2.05, 4.69) is 28.1 Å². The van der Waals surface area contributed by atoms with E-state index in [0.717, 1.165) is 11.6 Å². The number of rotatable bonds is 11. The standard InChI is InChI=1S/C15H34N.CH4O.BrH/c1-5-6-7-8-9-10-11-12-13-14-15-16(2,3)4;1-2;/h5-15H2,1-4H3;2H,1H3;1H/q+1;;/p-1. The molecule has 0 aliphatic heterocycles. The smallest absolute Gasteiger partial charge is 0.0780 e. The second kappa shape index (κ2) is 18.4. The first-order valence-corrected chi connectivity index (χ1v) is 7.81. The van der Waals surface area contributed by atoms with Crippen molar-refractivity contribution in [3.8, 4) is 0 Å². The summed E-state index contributed by atoms with van der Waals surface area (Å²) in [6.45, 7) is 3.62. The minimum Gasteiger partial charge on any atom is -1.00 e. The molecule has 0 heterocycles. The number of aliphatic hydroxyl groups is 1. The Morgan fingerprint density at radius 1 is 0.632 bits per heavy atom. The van der Waals surface area contributed by atoms with Crippen molar-refractivity contribution >= 4 is 0 Å². The van der Waals surface area contributed by atoms with Crippen LogP contribution in [0.4, 0.5) is 0 Å². The summed E-state index contributed by atoms with van der Waals surface area (Å²) in [5.41, 5.74) is 0. The van der Waals surface area contributed by atoms with Gasteiger partial charge in [-0.25, -0.2) is 0 Å². The summed E-state index contributed by atoms with van der Waals surface area (Å²) in [6.07, 6.45) is 14.4. The second-order valence-corrected chi connectivity index (χ2v) is 6.20. The average molecular weight is 340 g/mol. The third-order valence-corrected chi connectivity index (χ3v) is 3.18. The van der Waals surface area contributed by atoms with Gasteiger partial charge in [0, 0.05) is 7.11 Å². The summed E-state index contributed by atoms with van der Waals surface area (Å²) in [4.78, 5) is 0. The number of unbranched alkanes of at least 4 members (excludes halogenated alkanes) is 9. The van der Waals surface area contributed by atoms with Crippen LogP contribution >= 0.6 is 0 Å². The Bertz CT molecular complexity index is 146. The fourth-order valence-corrected chi connectivity index (χ4v) is 2.07. The first-order valence-electron chi connectivity index (χ1n) is 7.81. The van der Waals surface area contributed by atoms with Crippen LogP contribution in [0.3, 0.4) is 0 Å².